The quantitative estimate of drug-likeness (QED) is 0.485. The summed E-state index contributed by atoms with van der Waals surface area (Å²) in [6.45, 7) is 4.18. The van der Waals surface area contributed by atoms with Crippen LogP contribution in [-0.2, 0) is 14.3 Å². The maximum absolute atomic E-state index is 13.2. The van der Waals surface area contributed by atoms with Crippen LogP contribution in [0, 0.1) is 11.3 Å². The van der Waals surface area contributed by atoms with E-state index in [-0.39, 0.29) is 37.3 Å². The van der Waals surface area contributed by atoms with E-state index in [0.29, 0.717) is 12.8 Å². The number of nitrogens with one attached hydrogen (secondary N) is 2. The molecule has 0 saturated heterocycles. The van der Waals surface area contributed by atoms with Crippen molar-refractivity contribution in [3.63, 3.8) is 0 Å². The largest absolute Gasteiger partial charge is 0.481 e. The maximum Gasteiger partial charge on any atom is 0.407 e. The van der Waals surface area contributed by atoms with E-state index >= 15 is 0 Å². The monoisotopic (exact) mass is 478 g/mol. The first-order chi connectivity index (χ1) is 16.8. The van der Waals surface area contributed by atoms with Crippen LogP contribution in [0.1, 0.15) is 63.0 Å². The number of ether oxygens (including phenoxy) is 1. The number of carboxylic acids is 1. The van der Waals surface area contributed by atoms with E-state index in [4.69, 9.17) is 4.74 Å². The molecule has 0 radical (unpaired) electrons. The number of carboxylic acid groups (broad SMARTS) is 1. The predicted octanol–water partition coefficient (Wildman–Crippen LogP) is 4.70. The van der Waals surface area contributed by atoms with E-state index in [2.05, 4.69) is 34.9 Å². The number of carbonyl (C=O) groups is 3. The molecule has 7 nitrogen and oxygen atoms in total. The Kier molecular flexibility index (Phi) is 7.43. The van der Waals surface area contributed by atoms with Gasteiger partial charge in [-0.1, -0.05) is 75.2 Å². The molecule has 35 heavy (non-hydrogen) atoms. The van der Waals surface area contributed by atoms with Crippen molar-refractivity contribution >= 4 is 18.0 Å². The highest BCUT2D eigenvalue weighted by atomic mass is 16.5. The summed E-state index contributed by atoms with van der Waals surface area (Å²) in [6, 6.07) is 15.9. The number of hydrogen-bond acceptors (Lipinski definition) is 4. The number of rotatable bonds is 9. The predicted molar refractivity (Wildman–Crippen MR) is 133 cm³/mol. The summed E-state index contributed by atoms with van der Waals surface area (Å²) in [7, 11) is 0. The van der Waals surface area contributed by atoms with Gasteiger partial charge in [0.1, 0.15) is 6.61 Å². The number of hydrogen-bond donors (Lipinski definition) is 3. The third kappa shape index (κ3) is 5.34. The minimum absolute atomic E-state index is 0.0106. The fourth-order valence-electron chi connectivity index (χ4n) is 5.39. The summed E-state index contributed by atoms with van der Waals surface area (Å²) in [4.78, 5) is 37.1. The summed E-state index contributed by atoms with van der Waals surface area (Å²) in [5, 5.41) is 15.0. The lowest BCUT2D eigenvalue weighted by Gasteiger charge is -2.31. The molecule has 7 heteroatoms. The number of alkyl carbamates (subject to hydrolysis) is 1. The fraction of sp³-hybridized carbons (Fsp3) is 0.464. The molecular weight excluding hydrogens is 444 g/mol. The van der Waals surface area contributed by atoms with Crippen LogP contribution in [0.25, 0.3) is 11.1 Å². The number of fused-ring (bicyclic) bond motifs is 3. The van der Waals surface area contributed by atoms with E-state index in [0.717, 1.165) is 24.0 Å². The number of amides is 2. The highest BCUT2D eigenvalue weighted by Gasteiger charge is 2.42. The topological polar surface area (TPSA) is 105 Å². The van der Waals surface area contributed by atoms with E-state index < -0.39 is 23.5 Å². The van der Waals surface area contributed by atoms with Crippen LogP contribution in [0.3, 0.4) is 0 Å². The van der Waals surface area contributed by atoms with Gasteiger partial charge in [0.2, 0.25) is 5.91 Å². The van der Waals surface area contributed by atoms with Gasteiger partial charge in [-0.15, -0.1) is 0 Å². The molecule has 2 aliphatic carbocycles. The van der Waals surface area contributed by atoms with Gasteiger partial charge in [-0.25, -0.2) is 4.79 Å². The third-order valence-corrected chi connectivity index (χ3v) is 7.47. The van der Waals surface area contributed by atoms with Gasteiger partial charge in [0.15, 0.2) is 0 Å². The fourth-order valence-corrected chi connectivity index (χ4v) is 5.39. The Bertz CT molecular complexity index is 1040. The van der Waals surface area contributed by atoms with Crippen molar-refractivity contribution in [1.29, 1.82) is 0 Å². The third-order valence-electron chi connectivity index (χ3n) is 7.47. The minimum Gasteiger partial charge on any atom is -0.481 e. The van der Waals surface area contributed by atoms with Crippen molar-refractivity contribution in [1.82, 2.24) is 10.6 Å². The summed E-state index contributed by atoms with van der Waals surface area (Å²) in [5.41, 5.74) is 3.88. The molecule has 3 N–H and O–H groups in total. The molecule has 0 heterocycles. The Morgan fingerprint density at radius 3 is 2.11 bits per heavy atom. The Labute approximate surface area is 206 Å². The van der Waals surface area contributed by atoms with E-state index in [9.17, 15) is 19.5 Å². The van der Waals surface area contributed by atoms with Gasteiger partial charge in [0, 0.05) is 18.5 Å². The molecule has 2 aromatic rings. The number of carbonyl (C=O) groups excluding carboxylic acids is 2. The van der Waals surface area contributed by atoms with Gasteiger partial charge in [-0.05, 0) is 41.0 Å². The average Bonchev–Trinajstić information content (AvgIpc) is 3.44. The van der Waals surface area contributed by atoms with Crippen LogP contribution in [0.15, 0.2) is 48.5 Å². The second kappa shape index (κ2) is 10.5. The first-order valence-electron chi connectivity index (χ1n) is 12.4. The lowest BCUT2D eigenvalue weighted by Crippen LogP contribution is -2.51. The first kappa shape index (κ1) is 24.8. The molecule has 2 aliphatic rings. The van der Waals surface area contributed by atoms with Gasteiger partial charge >= 0.3 is 12.1 Å². The smallest absolute Gasteiger partial charge is 0.407 e. The zero-order valence-corrected chi connectivity index (χ0v) is 20.4. The molecule has 0 aliphatic heterocycles. The highest BCUT2D eigenvalue weighted by Crippen LogP contribution is 2.44. The second-order valence-electron chi connectivity index (χ2n) is 10.1. The van der Waals surface area contributed by atoms with Crippen LogP contribution in [0.4, 0.5) is 4.79 Å². The summed E-state index contributed by atoms with van der Waals surface area (Å²) < 4.78 is 5.64. The zero-order chi connectivity index (χ0) is 25.0. The number of aliphatic carboxylic acids is 1. The lowest BCUT2D eigenvalue weighted by molar-refractivity contribution is -0.138. The van der Waals surface area contributed by atoms with Crippen molar-refractivity contribution in [2.75, 3.05) is 13.2 Å². The summed E-state index contributed by atoms with van der Waals surface area (Å²) in [5.74, 6) is -1.17. The van der Waals surface area contributed by atoms with Crippen LogP contribution in [-0.4, -0.2) is 42.3 Å². The maximum atomic E-state index is 13.2. The standard InChI is InChI=1S/C28H34N2O5/c1-18(2)24(15-25(31)32)30-26(33)28(13-7-8-14-28)17-29-27(34)35-16-23-21-11-5-3-9-19(21)20-10-4-6-12-22(20)23/h3-6,9-12,18,23-24H,7-8,13-17H2,1-2H3,(H,29,34)(H,30,33)(H,31,32). The molecular formula is C28H34N2O5. The second-order valence-corrected chi connectivity index (χ2v) is 10.1. The van der Waals surface area contributed by atoms with E-state index in [1.54, 1.807) is 0 Å². The first-order valence-corrected chi connectivity index (χ1v) is 12.4. The molecule has 1 saturated carbocycles. The molecule has 1 unspecified atom stereocenters. The average molecular weight is 479 g/mol. The zero-order valence-electron chi connectivity index (χ0n) is 20.4. The van der Waals surface area contributed by atoms with Gasteiger partial charge < -0.3 is 20.5 Å². The van der Waals surface area contributed by atoms with Gasteiger partial charge in [0.05, 0.1) is 11.8 Å². The summed E-state index contributed by atoms with van der Waals surface area (Å²) in [6.07, 6.45) is 2.42. The normalized spacial score (nSPS) is 16.9. The van der Waals surface area contributed by atoms with Crippen molar-refractivity contribution in [3.05, 3.63) is 59.7 Å². The molecule has 0 bridgehead atoms. The Morgan fingerprint density at radius 2 is 1.57 bits per heavy atom. The minimum atomic E-state index is -0.943. The van der Waals surface area contributed by atoms with Crippen molar-refractivity contribution in [2.24, 2.45) is 11.3 Å². The molecule has 0 spiro atoms. The van der Waals surface area contributed by atoms with Gasteiger partial charge in [0.25, 0.3) is 0 Å². The molecule has 2 aromatic carbocycles. The van der Waals surface area contributed by atoms with Crippen LogP contribution >= 0.6 is 0 Å². The van der Waals surface area contributed by atoms with E-state index in [1.807, 2.05) is 38.1 Å². The Balaban J connectivity index is 1.37. The van der Waals surface area contributed by atoms with Crippen molar-refractivity contribution < 1.29 is 24.2 Å². The lowest BCUT2D eigenvalue weighted by atomic mass is 9.84. The van der Waals surface area contributed by atoms with Crippen LogP contribution in [0.2, 0.25) is 0 Å². The van der Waals surface area contributed by atoms with Crippen LogP contribution < -0.4 is 10.6 Å². The molecule has 2 amide bonds. The SMILES string of the molecule is CC(C)C(CC(=O)O)NC(=O)C1(CNC(=O)OCC2c3ccccc3-c3ccccc32)CCCC1. The van der Waals surface area contributed by atoms with Crippen LogP contribution in [0.5, 0.6) is 0 Å². The highest BCUT2D eigenvalue weighted by molar-refractivity contribution is 5.85. The Hall–Kier alpha value is -3.35. The molecule has 186 valence electrons. The van der Waals surface area contributed by atoms with Gasteiger partial charge in [-0.2, -0.15) is 0 Å². The summed E-state index contributed by atoms with van der Waals surface area (Å²) >= 11 is 0. The molecule has 0 aromatic heterocycles. The molecule has 4 rings (SSSR count). The van der Waals surface area contributed by atoms with E-state index in [1.165, 1.54) is 11.1 Å². The van der Waals surface area contributed by atoms with Crippen molar-refractivity contribution in [3.8, 4) is 11.1 Å². The van der Waals surface area contributed by atoms with Crippen molar-refractivity contribution in [2.45, 2.75) is 57.9 Å². The van der Waals surface area contributed by atoms with Gasteiger partial charge in [-0.3, -0.25) is 9.59 Å². The molecule has 1 atom stereocenters. The molecule has 1 fully saturated rings. The Morgan fingerprint density at radius 1 is 1.00 bits per heavy atom. The number of benzene rings is 2.